The third-order valence-electron chi connectivity index (χ3n) is 3.18. The first-order valence-electron chi connectivity index (χ1n) is 6.94. The van der Waals surface area contributed by atoms with Gasteiger partial charge in [-0.25, -0.2) is 13.6 Å². The molecular formula is C15H20F2N2O2. The van der Waals surface area contributed by atoms with Crippen molar-refractivity contribution in [3.63, 3.8) is 0 Å². The molecule has 1 atom stereocenters. The zero-order valence-corrected chi connectivity index (χ0v) is 12.5. The van der Waals surface area contributed by atoms with Crippen LogP contribution in [0.4, 0.5) is 19.3 Å². The topological polar surface area (TPSA) is 41.6 Å². The number of nitrogens with one attached hydrogen (secondary N) is 1. The Kier molecular flexibility index (Phi) is 4.34. The molecule has 1 aliphatic heterocycles. The maximum Gasteiger partial charge on any atom is 0.407 e. The molecule has 1 fully saturated rings. The number of carbonyl (C=O) groups is 1. The number of amides is 1. The summed E-state index contributed by atoms with van der Waals surface area (Å²) in [5, 5.41) is 2.79. The smallest absolute Gasteiger partial charge is 0.407 e. The Bertz CT molecular complexity index is 529. The van der Waals surface area contributed by atoms with E-state index in [4.69, 9.17) is 4.74 Å². The van der Waals surface area contributed by atoms with Gasteiger partial charge < -0.3 is 15.0 Å². The van der Waals surface area contributed by atoms with Crippen LogP contribution in [-0.4, -0.2) is 30.8 Å². The van der Waals surface area contributed by atoms with Crippen molar-refractivity contribution < 1.29 is 18.3 Å². The minimum absolute atomic E-state index is 0.0621. The Labute approximate surface area is 123 Å². The highest BCUT2D eigenvalue weighted by Crippen LogP contribution is 2.22. The quantitative estimate of drug-likeness (QED) is 0.912. The second-order valence-electron chi connectivity index (χ2n) is 6.18. The lowest BCUT2D eigenvalue weighted by atomic mass is 10.2. The van der Waals surface area contributed by atoms with Crippen LogP contribution in [0.2, 0.25) is 0 Å². The van der Waals surface area contributed by atoms with E-state index in [-0.39, 0.29) is 6.04 Å². The van der Waals surface area contributed by atoms with Crippen molar-refractivity contribution in [2.24, 2.45) is 0 Å². The zero-order chi connectivity index (χ0) is 15.6. The number of nitrogens with zero attached hydrogens (tertiary/aromatic N) is 1. The van der Waals surface area contributed by atoms with E-state index in [9.17, 15) is 13.6 Å². The minimum Gasteiger partial charge on any atom is -0.444 e. The first-order chi connectivity index (χ1) is 9.74. The first kappa shape index (κ1) is 15.5. The second kappa shape index (κ2) is 5.87. The molecule has 21 heavy (non-hydrogen) atoms. The molecule has 2 rings (SSSR count). The number of rotatable bonds is 2. The highest BCUT2D eigenvalue weighted by Gasteiger charge is 2.26. The van der Waals surface area contributed by atoms with Crippen LogP contribution in [0.1, 0.15) is 27.2 Å². The van der Waals surface area contributed by atoms with E-state index in [1.807, 2.05) is 4.90 Å². The summed E-state index contributed by atoms with van der Waals surface area (Å²) in [6.45, 7) is 6.62. The third kappa shape index (κ3) is 4.31. The Balaban J connectivity index is 1.91. The normalized spacial score (nSPS) is 18.7. The molecule has 1 N–H and O–H groups in total. The van der Waals surface area contributed by atoms with Gasteiger partial charge in [-0.2, -0.15) is 0 Å². The van der Waals surface area contributed by atoms with Crippen LogP contribution in [0, 0.1) is 11.6 Å². The van der Waals surface area contributed by atoms with Crippen molar-refractivity contribution in [3.05, 3.63) is 29.8 Å². The minimum atomic E-state index is -0.865. The summed E-state index contributed by atoms with van der Waals surface area (Å²) in [6, 6.07) is 3.76. The average molecular weight is 298 g/mol. The van der Waals surface area contributed by atoms with Crippen LogP contribution in [-0.2, 0) is 4.74 Å². The molecule has 0 aromatic heterocycles. The van der Waals surface area contributed by atoms with Gasteiger partial charge in [-0.3, -0.25) is 0 Å². The fraction of sp³-hybridized carbons (Fsp3) is 0.533. The number of hydrogen-bond donors (Lipinski definition) is 1. The lowest BCUT2D eigenvalue weighted by Crippen LogP contribution is -2.40. The number of ether oxygens (including phenoxy) is 1. The summed E-state index contributed by atoms with van der Waals surface area (Å²) < 4.78 is 31.4. The molecule has 116 valence electrons. The summed E-state index contributed by atoms with van der Waals surface area (Å²) in [5.41, 5.74) is 0.0741. The van der Waals surface area contributed by atoms with Crippen molar-refractivity contribution in [2.45, 2.75) is 38.8 Å². The lowest BCUT2D eigenvalue weighted by Gasteiger charge is -2.22. The molecule has 4 nitrogen and oxygen atoms in total. The molecule has 0 bridgehead atoms. The summed E-state index contributed by atoms with van der Waals surface area (Å²) in [6.07, 6.45) is 0.276. The van der Waals surface area contributed by atoms with E-state index in [0.29, 0.717) is 18.8 Å². The molecule has 1 aromatic carbocycles. The van der Waals surface area contributed by atoms with Gasteiger partial charge in [-0.05, 0) is 39.3 Å². The predicted octanol–water partition coefficient (Wildman–Crippen LogP) is 3.07. The van der Waals surface area contributed by atoms with Crippen LogP contribution in [0.3, 0.4) is 0 Å². The fourth-order valence-corrected chi connectivity index (χ4v) is 2.27. The Morgan fingerprint density at radius 2 is 2.05 bits per heavy atom. The molecule has 0 spiro atoms. The standard InChI is InChI=1S/C15H20F2N2O2/c1-15(2,3)21-14(20)18-10-6-7-19(9-10)11-4-5-12(16)13(17)8-11/h4-5,8,10H,6-7,9H2,1-3H3,(H,18,20). The van der Waals surface area contributed by atoms with Gasteiger partial charge in [0.2, 0.25) is 0 Å². The number of halogens is 2. The molecule has 1 aliphatic rings. The van der Waals surface area contributed by atoms with Gasteiger partial charge in [-0.1, -0.05) is 0 Å². The Morgan fingerprint density at radius 3 is 2.67 bits per heavy atom. The van der Waals surface area contributed by atoms with Crippen molar-refractivity contribution in [1.29, 1.82) is 0 Å². The van der Waals surface area contributed by atoms with Gasteiger partial charge in [0.1, 0.15) is 5.60 Å². The second-order valence-corrected chi connectivity index (χ2v) is 6.18. The van der Waals surface area contributed by atoms with Crippen molar-refractivity contribution in [3.8, 4) is 0 Å². The Morgan fingerprint density at radius 1 is 1.33 bits per heavy atom. The van der Waals surface area contributed by atoms with E-state index in [1.54, 1.807) is 20.8 Å². The van der Waals surface area contributed by atoms with Gasteiger partial charge >= 0.3 is 6.09 Å². The van der Waals surface area contributed by atoms with Gasteiger partial charge in [0.05, 0.1) is 6.04 Å². The number of benzene rings is 1. The SMILES string of the molecule is CC(C)(C)OC(=O)NC1CCN(c2ccc(F)c(F)c2)C1. The molecule has 0 radical (unpaired) electrons. The average Bonchev–Trinajstić information content (AvgIpc) is 2.78. The van der Waals surface area contributed by atoms with E-state index in [2.05, 4.69) is 5.32 Å². The van der Waals surface area contributed by atoms with Gasteiger partial charge in [0, 0.05) is 24.8 Å². The van der Waals surface area contributed by atoms with Crippen LogP contribution in [0.25, 0.3) is 0 Å². The number of anilines is 1. The van der Waals surface area contributed by atoms with E-state index in [0.717, 1.165) is 12.5 Å². The molecular weight excluding hydrogens is 278 g/mol. The van der Waals surface area contributed by atoms with Gasteiger partial charge in [0.15, 0.2) is 11.6 Å². The highest BCUT2D eigenvalue weighted by molar-refractivity contribution is 5.68. The van der Waals surface area contributed by atoms with Crippen molar-refractivity contribution in [1.82, 2.24) is 5.32 Å². The third-order valence-corrected chi connectivity index (χ3v) is 3.18. The maximum atomic E-state index is 13.2. The molecule has 0 aliphatic carbocycles. The monoisotopic (exact) mass is 298 g/mol. The summed E-state index contributed by atoms with van der Waals surface area (Å²) in [4.78, 5) is 13.6. The molecule has 1 aromatic rings. The summed E-state index contributed by atoms with van der Waals surface area (Å²) in [5.74, 6) is -1.72. The predicted molar refractivity (Wildman–Crippen MR) is 76.3 cm³/mol. The summed E-state index contributed by atoms with van der Waals surface area (Å²) >= 11 is 0. The van der Waals surface area contributed by atoms with Crippen LogP contribution in [0.15, 0.2) is 18.2 Å². The molecule has 1 heterocycles. The first-order valence-corrected chi connectivity index (χ1v) is 6.94. The molecule has 1 saturated heterocycles. The molecule has 0 saturated carbocycles. The Hall–Kier alpha value is -1.85. The summed E-state index contributed by atoms with van der Waals surface area (Å²) in [7, 11) is 0. The number of carbonyl (C=O) groups excluding carboxylic acids is 1. The number of hydrogen-bond acceptors (Lipinski definition) is 3. The zero-order valence-electron chi connectivity index (χ0n) is 12.5. The van der Waals surface area contributed by atoms with E-state index < -0.39 is 23.3 Å². The van der Waals surface area contributed by atoms with Crippen LogP contribution < -0.4 is 10.2 Å². The maximum absolute atomic E-state index is 13.2. The lowest BCUT2D eigenvalue weighted by molar-refractivity contribution is 0.0509. The molecule has 1 unspecified atom stereocenters. The van der Waals surface area contributed by atoms with Crippen molar-refractivity contribution in [2.75, 3.05) is 18.0 Å². The van der Waals surface area contributed by atoms with Crippen molar-refractivity contribution >= 4 is 11.8 Å². The van der Waals surface area contributed by atoms with Gasteiger partial charge in [-0.15, -0.1) is 0 Å². The van der Waals surface area contributed by atoms with E-state index in [1.165, 1.54) is 12.1 Å². The largest absolute Gasteiger partial charge is 0.444 e. The van der Waals surface area contributed by atoms with E-state index >= 15 is 0 Å². The molecule has 6 heteroatoms. The molecule has 1 amide bonds. The van der Waals surface area contributed by atoms with Crippen LogP contribution >= 0.6 is 0 Å². The highest BCUT2D eigenvalue weighted by atomic mass is 19.2. The van der Waals surface area contributed by atoms with Gasteiger partial charge in [0.25, 0.3) is 0 Å². The fourth-order valence-electron chi connectivity index (χ4n) is 2.27. The number of alkyl carbamates (subject to hydrolysis) is 1. The van der Waals surface area contributed by atoms with Crippen LogP contribution in [0.5, 0.6) is 0 Å².